The second-order valence-electron chi connectivity index (χ2n) is 8.30. The smallest absolute Gasteiger partial charge is 0.357 e. The third-order valence-electron chi connectivity index (χ3n) is 4.91. The van der Waals surface area contributed by atoms with Gasteiger partial charge in [0.25, 0.3) is 0 Å². The van der Waals surface area contributed by atoms with Gasteiger partial charge in [-0.05, 0) is 18.0 Å². The van der Waals surface area contributed by atoms with Crippen molar-refractivity contribution in [1.82, 2.24) is 15.5 Å². The van der Waals surface area contributed by atoms with E-state index in [0.717, 1.165) is 23.4 Å². The maximum Gasteiger partial charge on any atom is 0.418 e. The summed E-state index contributed by atoms with van der Waals surface area (Å²) in [6, 6.07) is 8.61. The lowest BCUT2D eigenvalue weighted by molar-refractivity contribution is -0.507. The van der Waals surface area contributed by atoms with Crippen molar-refractivity contribution in [3.05, 3.63) is 47.2 Å². The van der Waals surface area contributed by atoms with E-state index in [4.69, 9.17) is 5.41 Å². The molecule has 0 unspecified atom stereocenters. The molecule has 1 atom stereocenters. The Morgan fingerprint density at radius 2 is 1.86 bits per heavy atom. The number of hydrogen-bond acceptors (Lipinski definition) is 4. The molecule has 0 fully saturated rings. The number of rotatable bonds is 5. The summed E-state index contributed by atoms with van der Waals surface area (Å²) in [7, 11) is 3.58. The zero-order valence-electron chi connectivity index (χ0n) is 17.4. The fraction of sp³-hybridized carbons (Fsp3) is 0.476. The van der Waals surface area contributed by atoms with Crippen LogP contribution in [-0.4, -0.2) is 55.8 Å². The molecule has 0 radical (unpaired) electrons. The molecule has 0 saturated heterocycles. The number of benzene rings is 1. The molecule has 0 saturated carbocycles. The van der Waals surface area contributed by atoms with Crippen molar-refractivity contribution in [3.8, 4) is 0 Å². The molecule has 0 aromatic heterocycles. The Morgan fingerprint density at radius 1 is 1.21 bits per heavy atom. The molecule has 1 aromatic rings. The molecule has 3 amide bonds. The average molecular weight is 387 g/mol. The van der Waals surface area contributed by atoms with Gasteiger partial charge < -0.3 is 10.2 Å². The van der Waals surface area contributed by atoms with Crippen molar-refractivity contribution in [2.75, 3.05) is 27.2 Å². The highest BCUT2D eigenvalue weighted by Gasteiger charge is 2.34. The monoisotopic (exact) mass is 386 g/mol. The predicted molar refractivity (Wildman–Crippen MR) is 110 cm³/mol. The summed E-state index contributed by atoms with van der Waals surface area (Å²) in [5.74, 6) is -0.219. The van der Waals surface area contributed by atoms with E-state index in [0.29, 0.717) is 18.7 Å². The standard InChI is InChI=1S/C21H31N5O2/c1-21(2,3)18(19(27)23-4)25-20(28)24-16-11-12-26(5)13-15(16)17(22)14-9-7-6-8-10-14/h6-10,18,22H,11-13H2,1-5H3,(H,23,27)(H2,24,25,28)/p+1/t18-/m1/s1. The number of hydrogen-bond donors (Lipinski definition) is 4. The number of urea groups is 1. The van der Waals surface area contributed by atoms with Gasteiger partial charge in [-0.15, -0.1) is 0 Å². The van der Waals surface area contributed by atoms with Gasteiger partial charge in [-0.25, -0.2) is 10.1 Å². The number of nitrogens with zero attached hydrogens (tertiary/aromatic N) is 1. The van der Waals surface area contributed by atoms with Crippen LogP contribution < -0.4 is 16.0 Å². The summed E-state index contributed by atoms with van der Waals surface area (Å²) < 4.78 is 0. The van der Waals surface area contributed by atoms with Crippen molar-refractivity contribution in [2.24, 2.45) is 5.41 Å². The van der Waals surface area contributed by atoms with Gasteiger partial charge in [0, 0.05) is 32.1 Å². The normalized spacial score (nSPS) is 16.5. The molecule has 7 nitrogen and oxygen atoms in total. The van der Waals surface area contributed by atoms with Crippen LogP contribution in [0.25, 0.3) is 0 Å². The van der Waals surface area contributed by atoms with E-state index < -0.39 is 11.5 Å². The third-order valence-corrected chi connectivity index (χ3v) is 4.91. The average Bonchev–Trinajstić information content (AvgIpc) is 2.66. The topological polar surface area (TPSA) is 102 Å². The second-order valence-corrected chi connectivity index (χ2v) is 8.30. The van der Waals surface area contributed by atoms with Gasteiger partial charge in [0.15, 0.2) is 0 Å². The van der Waals surface area contributed by atoms with Gasteiger partial charge in [-0.1, -0.05) is 51.1 Å². The zero-order chi connectivity index (χ0) is 20.9. The van der Waals surface area contributed by atoms with Crippen molar-refractivity contribution in [1.29, 1.82) is 5.41 Å². The number of amides is 3. The van der Waals surface area contributed by atoms with Crippen LogP contribution in [0.15, 0.2) is 41.6 Å². The molecule has 0 bridgehead atoms. The number of carbonyl (C=O) groups excluding carboxylic acids is 2. The first kappa shape index (κ1) is 21.8. The first-order valence-corrected chi connectivity index (χ1v) is 9.55. The number of quaternary nitrogens is 1. The largest absolute Gasteiger partial charge is 0.418 e. The Bertz CT molecular complexity index is 765. The van der Waals surface area contributed by atoms with Crippen LogP contribution in [-0.2, 0) is 4.79 Å². The molecule has 0 aliphatic carbocycles. The Hall–Kier alpha value is -2.51. The number of carbonyl (C=O) groups is 2. The molecule has 152 valence electrons. The summed E-state index contributed by atoms with van der Waals surface area (Å²) in [5.41, 5.74) is 2.56. The van der Waals surface area contributed by atoms with E-state index in [1.807, 2.05) is 58.2 Å². The minimum Gasteiger partial charge on any atom is -0.357 e. The molecule has 1 aliphatic rings. The highest BCUT2D eigenvalue weighted by molar-refractivity contribution is 6.11. The molecule has 7 heteroatoms. The van der Waals surface area contributed by atoms with E-state index in [9.17, 15) is 9.59 Å². The van der Waals surface area contributed by atoms with Crippen LogP contribution in [0.4, 0.5) is 4.79 Å². The number of likely N-dealkylation sites (N-methyl/N-ethyl adjacent to an activating group) is 2. The summed E-state index contributed by atoms with van der Waals surface area (Å²) in [6.45, 7) is 7.18. The van der Waals surface area contributed by atoms with Crippen molar-refractivity contribution in [3.63, 3.8) is 0 Å². The van der Waals surface area contributed by atoms with E-state index in [1.54, 1.807) is 12.4 Å². The van der Waals surface area contributed by atoms with Gasteiger partial charge in [0.1, 0.15) is 11.7 Å². The minimum absolute atomic E-state index is 0.219. The van der Waals surface area contributed by atoms with E-state index in [-0.39, 0.29) is 11.9 Å². The van der Waals surface area contributed by atoms with Gasteiger partial charge in [0.2, 0.25) is 5.91 Å². The lowest BCUT2D eigenvalue weighted by Crippen LogP contribution is -2.90. The van der Waals surface area contributed by atoms with Gasteiger partial charge in [0.05, 0.1) is 5.71 Å². The summed E-state index contributed by atoms with van der Waals surface area (Å²) >= 11 is 0. The summed E-state index contributed by atoms with van der Waals surface area (Å²) in [6.07, 6.45) is 0.689. The fourth-order valence-corrected chi connectivity index (χ4v) is 3.25. The van der Waals surface area contributed by atoms with Crippen molar-refractivity contribution in [2.45, 2.75) is 33.2 Å². The van der Waals surface area contributed by atoms with Gasteiger partial charge in [-0.2, -0.15) is 0 Å². The van der Waals surface area contributed by atoms with Crippen molar-refractivity contribution >= 4 is 17.6 Å². The second kappa shape index (κ2) is 9.12. The number of nitrogens with two attached hydrogens (primary N) is 1. The van der Waals surface area contributed by atoms with Crippen LogP contribution in [0.2, 0.25) is 0 Å². The lowest BCUT2D eigenvalue weighted by Gasteiger charge is -2.29. The van der Waals surface area contributed by atoms with Crippen molar-refractivity contribution < 1.29 is 14.9 Å². The predicted octanol–water partition coefficient (Wildman–Crippen LogP) is 1.08. The highest BCUT2D eigenvalue weighted by atomic mass is 16.2. The van der Waals surface area contributed by atoms with Gasteiger partial charge in [-0.3, -0.25) is 15.5 Å². The van der Waals surface area contributed by atoms with Crippen LogP contribution in [0, 0.1) is 10.8 Å². The lowest BCUT2D eigenvalue weighted by atomic mass is 9.86. The molecule has 1 aliphatic heterocycles. The van der Waals surface area contributed by atoms with E-state index in [1.165, 1.54) is 0 Å². The van der Waals surface area contributed by atoms with E-state index in [2.05, 4.69) is 15.5 Å². The molecule has 2 rings (SSSR count). The Morgan fingerprint density at radius 3 is 2.43 bits per heavy atom. The number of primary amides is 1. The van der Waals surface area contributed by atoms with Crippen LogP contribution in [0.1, 0.15) is 32.8 Å². The van der Waals surface area contributed by atoms with E-state index >= 15 is 0 Å². The quantitative estimate of drug-likeness (QED) is 0.570. The Labute approximate surface area is 167 Å². The molecule has 5 N–H and O–H groups in total. The summed E-state index contributed by atoms with van der Waals surface area (Å²) in [4.78, 5) is 27.0. The summed E-state index contributed by atoms with van der Waals surface area (Å²) in [5, 5.41) is 15.6. The van der Waals surface area contributed by atoms with Crippen LogP contribution >= 0.6 is 0 Å². The SMILES string of the molecule is CNC(=O)[C@@H](NC(=O)[NH2+]C1=C(C(=N)c2ccccc2)CN(C)CC1)C(C)(C)C. The number of nitrogens with one attached hydrogen (secondary N) is 3. The molecule has 28 heavy (non-hydrogen) atoms. The first-order chi connectivity index (χ1) is 13.1. The maximum absolute atomic E-state index is 12.7. The molecule has 1 heterocycles. The molecule has 1 aromatic carbocycles. The van der Waals surface area contributed by atoms with Gasteiger partial charge >= 0.3 is 6.03 Å². The minimum atomic E-state index is -0.634. The maximum atomic E-state index is 12.7. The van der Waals surface area contributed by atoms with Crippen LogP contribution in [0.3, 0.4) is 0 Å². The zero-order valence-corrected chi connectivity index (χ0v) is 17.4. The fourth-order valence-electron chi connectivity index (χ4n) is 3.25. The Balaban J connectivity index is 2.23. The van der Waals surface area contributed by atoms with Crippen LogP contribution in [0.5, 0.6) is 0 Å². The first-order valence-electron chi connectivity index (χ1n) is 9.55. The highest BCUT2D eigenvalue weighted by Crippen LogP contribution is 2.20. The third kappa shape index (κ3) is 5.50. The molecular formula is C21H32N5O2+. The Kier molecular flexibility index (Phi) is 7.10. The molecule has 0 spiro atoms. The molecular weight excluding hydrogens is 354 g/mol.